The van der Waals surface area contributed by atoms with Crippen molar-refractivity contribution in [3.05, 3.63) is 63.1 Å². The second-order valence-corrected chi connectivity index (χ2v) is 5.92. The third-order valence-electron chi connectivity index (χ3n) is 4.08. The van der Waals surface area contributed by atoms with Gasteiger partial charge in [0.1, 0.15) is 23.6 Å². The summed E-state index contributed by atoms with van der Waals surface area (Å²) in [5, 5.41) is 11.1. The van der Waals surface area contributed by atoms with E-state index in [4.69, 9.17) is 4.42 Å². The van der Waals surface area contributed by atoms with Gasteiger partial charge in [-0.2, -0.15) is 0 Å². The zero-order valence-electron chi connectivity index (χ0n) is 14.1. The van der Waals surface area contributed by atoms with E-state index < -0.39 is 34.9 Å². The Labute approximate surface area is 147 Å². The van der Waals surface area contributed by atoms with Crippen molar-refractivity contribution in [2.75, 3.05) is 13.6 Å². The maximum Gasteiger partial charge on any atom is 0.282 e. The fraction of sp³-hybridized carbons (Fsp3) is 0.235. The number of nitro groups is 1. The minimum atomic E-state index is -0.840. The minimum Gasteiger partial charge on any atom is -0.464 e. The van der Waals surface area contributed by atoms with Gasteiger partial charge in [0.15, 0.2) is 0 Å². The van der Waals surface area contributed by atoms with E-state index in [-0.39, 0.29) is 17.7 Å². The SMILES string of the molecule is Cc1ccc(CN(C)C(=O)CN2C(=O)c3cccc([N+](=O)[O-])c3C2=O)o1. The molecule has 3 amide bonds. The zero-order chi connectivity index (χ0) is 19.0. The molecule has 26 heavy (non-hydrogen) atoms. The first kappa shape index (κ1) is 17.3. The van der Waals surface area contributed by atoms with Gasteiger partial charge >= 0.3 is 0 Å². The normalized spacial score (nSPS) is 13.1. The van der Waals surface area contributed by atoms with Crippen LogP contribution in [0.4, 0.5) is 5.69 Å². The van der Waals surface area contributed by atoms with Crippen LogP contribution in [0.5, 0.6) is 0 Å². The molecule has 2 aromatic rings. The molecule has 0 saturated carbocycles. The molecule has 0 saturated heterocycles. The van der Waals surface area contributed by atoms with Crippen LogP contribution in [0.3, 0.4) is 0 Å². The van der Waals surface area contributed by atoms with Gasteiger partial charge in [0.25, 0.3) is 17.5 Å². The van der Waals surface area contributed by atoms with Crippen molar-refractivity contribution in [2.24, 2.45) is 0 Å². The molecule has 9 nitrogen and oxygen atoms in total. The smallest absolute Gasteiger partial charge is 0.282 e. The first-order valence-electron chi connectivity index (χ1n) is 7.72. The summed E-state index contributed by atoms with van der Waals surface area (Å²) in [5.41, 5.74) is -0.795. The Bertz CT molecular complexity index is 932. The molecule has 3 rings (SSSR count). The number of nitrogens with zero attached hydrogens (tertiary/aromatic N) is 3. The number of hydrogen-bond donors (Lipinski definition) is 0. The lowest BCUT2D eigenvalue weighted by Crippen LogP contribution is -2.40. The molecule has 0 unspecified atom stereocenters. The molecule has 1 aliphatic heterocycles. The predicted octanol–water partition coefficient (Wildman–Crippen LogP) is 1.75. The summed E-state index contributed by atoms with van der Waals surface area (Å²) in [5.74, 6) is -0.779. The maximum atomic E-state index is 12.5. The van der Waals surface area contributed by atoms with E-state index in [0.29, 0.717) is 11.5 Å². The van der Waals surface area contributed by atoms with Gasteiger partial charge in [0.2, 0.25) is 5.91 Å². The van der Waals surface area contributed by atoms with Crippen molar-refractivity contribution in [1.82, 2.24) is 9.80 Å². The predicted molar refractivity (Wildman–Crippen MR) is 88.4 cm³/mol. The van der Waals surface area contributed by atoms with Crippen molar-refractivity contribution in [1.29, 1.82) is 0 Å². The molecule has 0 bridgehead atoms. The fourth-order valence-corrected chi connectivity index (χ4v) is 2.76. The van der Waals surface area contributed by atoms with Crippen molar-refractivity contribution >= 4 is 23.4 Å². The number of carbonyl (C=O) groups is 3. The van der Waals surface area contributed by atoms with Crippen LogP contribution in [0, 0.1) is 17.0 Å². The minimum absolute atomic E-state index is 0.0682. The van der Waals surface area contributed by atoms with Gasteiger partial charge in [0.05, 0.1) is 17.0 Å². The number of hydrogen-bond acceptors (Lipinski definition) is 6. The Hall–Kier alpha value is -3.49. The molecule has 134 valence electrons. The Morgan fingerprint density at radius 2 is 1.96 bits per heavy atom. The number of furan rings is 1. The van der Waals surface area contributed by atoms with Gasteiger partial charge in [-0.1, -0.05) is 6.07 Å². The van der Waals surface area contributed by atoms with Crippen LogP contribution in [-0.4, -0.2) is 46.0 Å². The van der Waals surface area contributed by atoms with Crippen LogP contribution in [0.1, 0.15) is 32.2 Å². The molecule has 0 aliphatic carbocycles. The maximum absolute atomic E-state index is 12.5. The number of rotatable bonds is 5. The highest BCUT2D eigenvalue weighted by Gasteiger charge is 2.41. The van der Waals surface area contributed by atoms with Crippen molar-refractivity contribution < 1.29 is 23.7 Å². The van der Waals surface area contributed by atoms with Gasteiger partial charge in [-0.15, -0.1) is 0 Å². The summed E-state index contributed by atoms with van der Waals surface area (Å²) < 4.78 is 5.39. The zero-order valence-corrected chi connectivity index (χ0v) is 14.1. The van der Waals surface area contributed by atoms with Crippen LogP contribution in [0.2, 0.25) is 0 Å². The lowest BCUT2D eigenvalue weighted by Gasteiger charge is -2.19. The highest BCUT2D eigenvalue weighted by Crippen LogP contribution is 2.30. The summed E-state index contributed by atoms with van der Waals surface area (Å²) in [6.45, 7) is 1.45. The molecule has 0 atom stereocenters. The monoisotopic (exact) mass is 357 g/mol. The first-order chi connectivity index (χ1) is 12.3. The molecule has 1 aromatic carbocycles. The van der Waals surface area contributed by atoms with Crippen molar-refractivity contribution in [3.8, 4) is 0 Å². The standard InChI is InChI=1S/C17H15N3O6/c1-10-6-7-11(26-10)8-18(2)14(21)9-19-16(22)12-4-3-5-13(20(24)25)15(12)17(19)23/h3-7H,8-9H2,1-2H3. The summed E-state index contributed by atoms with van der Waals surface area (Å²) in [7, 11) is 1.51. The summed E-state index contributed by atoms with van der Waals surface area (Å²) >= 11 is 0. The lowest BCUT2D eigenvalue weighted by molar-refractivity contribution is -0.385. The second-order valence-electron chi connectivity index (χ2n) is 5.92. The summed E-state index contributed by atoms with van der Waals surface area (Å²) in [6.07, 6.45) is 0. The molecule has 1 aliphatic rings. The van der Waals surface area contributed by atoms with Gasteiger partial charge in [-0.25, -0.2) is 0 Å². The van der Waals surface area contributed by atoms with Crippen LogP contribution >= 0.6 is 0 Å². The largest absolute Gasteiger partial charge is 0.464 e. The van der Waals surface area contributed by atoms with E-state index in [1.807, 2.05) is 0 Å². The van der Waals surface area contributed by atoms with Crippen molar-refractivity contribution in [2.45, 2.75) is 13.5 Å². The Kier molecular flexibility index (Phi) is 4.29. The molecule has 9 heteroatoms. The van der Waals surface area contributed by atoms with E-state index in [1.165, 1.54) is 24.1 Å². The highest BCUT2D eigenvalue weighted by molar-refractivity contribution is 6.24. The third kappa shape index (κ3) is 2.94. The van der Waals surface area contributed by atoms with Crippen LogP contribution in [0.15, 0.2) is 34.7 Å². The number of benzene rings is 1. The number of fused-ring (bicyclic) bond motifs is 1. The highest BCUT2D eigenvalue weighted by atomic mass is 16.6. The Balaban J connectivity index is 1.77. The molecule has 2 heterocycles. The van der Waals surface area contributed by atoms with E-state index in [2.05, 4.69) is 0 Å². The number of imide groups is 1. The van der Waals surface area contributed by atoms with Crippen LogP contribution in [0.25, 0.3) is 0 Å². The fourth-order valence-electron chi connectivity index (χ4n) is 2.76. The summed E-state index contributed by atoms with van der Waals surface area (Å²) in [6, 6.07) is 7.31. The number of carbonyl (C=O) groups excluding carboxylic acids is 3. The van der Waals surface area contributed by atoms with E-state index >= 15 is 0 Å². The van der Waals surface area contributed by atoms with Crippen LogP contribution < -0.4 is 0 Å². The molecular weight excluding hydrogens is 342 g/mol. The topological polar surface area (TPSA) is 114 Å². The number of nitro benzene ring substituents is 1. The van der Waals surface area contributed by atoms with E-state index in [1.54, 1.807) is 19.1 Å². The number of likely N-dealkylation sites (N-methyl/N-ethyl adjacent to an activating group) is 1. The average Bonchev–Trinajstić information content (AvgIpc) is 3.11. The van der Waals surface area contributed by atoms with Gasteiger partial charge in [-0.05, 0) is 25.1 Å². The first-order valence-corrected chi connectivity index (χ1v) is 7.72. The molecule has 0 spiro atoms. The summed E-state index contributed by atoms with van der Waals surface area (Å²) in [4.78, 5) is 49.6. The van der Waals surface area contributed by atoms with Crippen LogP contribution in [-0.2, 0) is 11.3 Å². The van der Waals surface area contributed by atoms with Gasteiger partial charge < -0.3 is 9.32 Å². The van der Waals surface area contributed by atoms with Gasteiger partial charge in [0, 0.05) is 13.1 Å². The lowest BCUT2D eigenvalue weighted by atomic mass is 10.1. The van der Waals surface area contributed by atoms with Crippen molar-refractivity contribution in [3.63, 3.8) is 0 Å². The van der Waals surface area contributed by atoms with E-state index in [0.717, 1.165) is 11.0 Å². The molecule has 0 N–H and O–H groups in total. The second kappa shape index (κ2) is 6.43. The average molecular weight is 357 g/mol. The molecule has 0 fully saturated rings. The molecule has 0 radical (unpaired) electrons. The number of aryl methyl sites for hydroxylation is 1. The molecule has 1 aromatic heterocycles. The van der Waals surface area contributed by atoms with E-state index in [9.17, 15) is 24.5 Å². The molecular formula is C17H15N3O6. The Morgan fingerprint density at radius 3 is 2.58 bits per heavy atom. The Morgan fingerprint density at radius 1 is 1.23 bits per heavy atom. The quantitative estimate of drug-likeness (QED) is 0.457. The van der Waals surface area contributed by atoms with Gasteiger partial charge in [-0.3, -0.25) is 29.4 Å². The third-order valence-corrected chi connectivity index (χ3v) is 4.08. The number of amides is 3.